The fourth-order valence-electron chi connectivity index (χ4n) is 1.50. The zero-order chi connectivity index (χ0) is 13.9. The summed E-state index contributed by atoms with van der Waals surface area (Å²) in [5.41, 5.74) is -0.430. The van der Waals surface area contributed by atoms with Crippen LogP contribution in [0.25, 0.3) is 0 Å². The molecule has 0 bridgehead atoms. The average Bonchev–Trinajstić information content (AvgIpc) is 2.29. The zero-order valence-corrected chi connectivity index (χ0v) is 9.36. The molecule has 0 aliphatic carbocycles. The summed E-state index contributed by atoms with van der Waals surface area (Å²) in [7, 11) is 0. The predicted octanol–water partition coefficient (Wildman–Crippen LogP) is 3.52. The van der Waals surface area contributed by atoms with E-state index in [0.717, 1.165) is 6.07 Å². The Kier molecular flexibility index (Phi) is 4.61. The lowest BCUT2D eigenvalue weighted by molar-refractivity contribution is -0.151. The molecule has 0 fully saturated rings. The summed E-state index contributed by atoms with van der Waals surface area (Å²) in [6.07, 6.45) is -3.91. The van der Waals surface area contributed by atoms with Gasteiger partial charge in [0, 0.05) is 0 Å². The fourth-order valence-corrected chi connectivity index (χ4v) is 1.50. The second-order valence-corrected chi connectivity index (χ2v) is 3.64. The molecule has 0 amide bonds. The molecular formula is C11H11F6N. The van der Waals surface area contributed by atoms with E-state index in [1.807, 2.05) is 0 Å². The number of halogens is 6. The van der Waals surface area contributed by atoms with Gasteiger partial charge in [-0.25, -0.2) is 17.6 Å². The summed E-state index contributed by atoms with van der Waals surface area (Å²) in [5, 5.41) is 2.15. The lowest BCUT2D eigenvalue weighted by Gasteiger charge is -2.27. The van der Waals surface area contributed by atoms with Crippen molar-refractivity contribution >= 4 is 0 Å². The molecule has 0 heterocycles. The maximum absolute atomic E-state index is 13.3. The van der Waals surface area contributed by atoms with E-state index in [-0.39, 0.29) is 6.54 Å². The van der Waals surface area contributed by atoms with Crippen LogP contribution >= 0.6 is 0 Å². The summed E-state index contributed by atoms with van der Waals surface area (Å²) in [6.45, 7) is 1.42. The number of alkyl halides is 4. The van der Waals surface area contributed by atoms with Crippen LogP contribution in [0.15, 0.2) is 18.2 Å². The predicted molar refractivity (Wildman–Crippen MR) is 53.7 cm³/mol. The van der Waals surface area contributed by atoms with Crippen molar-refractivity contribution in [3.8, 4) is 0 Å². The molecule has 0 saturated heterocycles. The van der Waals surface area contributed by atoms with Crippen molar-refractivity contribution < 1.29 is 26.3 Å². The maximum Gasteiger partial charge on any atom is 0.326 e. The number of nitrogens with one attached hydrogen (secondary N) is 1. The second kappa shape index (κ2) is 5.60. The Bertz CT molecular complexity index is 407. The van der Waals surface area contributed by atoms with Gasteiger partial charge >= 0.3 is 12.3 Å². The topological polar surface area (TPSA) is 12.0 Å². The first-order chi connectivity index (χ1) is 8.30. The van der Waals surface area contributed by atoms with E-state index in [1.54, 1.807) is 0 Å². The van der Waals surface area contributed by atoms with Crippen LogP contribution in [0.3, 0.4) is 0 Å². The van der Waals surface area contributed by atoms with Crippen molar-refractivity contribution in [1.29, 1.82) is 0 Å². The number of hydrogen-bond acceptors (Lipinski definition) is 1. The van der Waals surface area contributed by atoms with E-state index in [1.165, 1.54) is 6.92 Å². The largest absolute Gasteiger partial charge is 0.326 e. The number of hydrogen-bond donors (Lipinski definition) is 1. The third kappa shape index (κ3) is 2.95. The van der Waals surface area contributed by atoms with Crippen molar-refractivity contribution in [1.82, 2.24) is 5.32 Å². The van der Waals surface area contributed by atoms with Gasteiger partial charge < -0.3 is 5.32 Å². The summed E-state index contributed by atoms with van der Waals surface area (Å²) < 4.78 is 76.8. The molecule has 0 saturated carbocycles. The number of rotatable bonds is 5. The van der Waals surface area contributed by atoms with Gasteiger partial charge in [-0.3, -0.25) is 0 Å². The second-order valence-electron chi connectivity index (χ2n) is 3.64. The molecule has 1 aromatic rings. The highest BCUT2D eigenvalue weighted by atomic mass is 19.3. The van der Waals surface area contributed by atoms with Crippen LogP contribution in [0, 0.1) is 11.6 Å². The Morgan fingerprint density at radius 2 is 1.78 bits per heavy atom. The van der Waals surface area contributed by atoms with Crippen molar-refractivity contribution in [3.63, 3.8) is 0 Å². The smallest absolute Gasteiger partial charge is 0.305 e. The van der Waals surface area contributed by atoms with Gasteiger partial charge in [0.25, 0.3) is 0 Å². The Labute approximate surface area is 99.8 Å². The van der Waals surface area contributed by atoms with Gasteiger partial charge in [0.1, 0.15) is 6.04 Å². The van der Waals surface area contributed by atoms with Crippen LogP contribution in [-0.4, -0.2) is 18.9 Å². The van der Waals surface area contributed by atoms with Gasteiger partial charge in [0.2, 0.25) is 0 Å². The van der Waals surface area contributed by atoms with Gasteiger partial charge in [0.05, 0.1) is 0 Å². The highest BCUT2D eigenvalue weighted by Crippen LogP contribution is 2.36. The van der Waals surface area contributed by atoms with Crippen LogP contribution < -0.4 is 5.32 Å². The zero-order valence-electron chi connectivity index (χ0n) is 9.36. The normalized spacial score (nSPS) is 14.0. The minimum Gasteiger partial charge on any atom is -0.305 e. The third-order valence-corrected chi connectivity index (χ3v) is 2.36. The van der Waals surface area contributed by atoms with Crippen molar-refractivity contribution in [2.45, 2.75) is 25.3 Å². The summed E-state index contributed by atoms with van der Waals surface area (Å²) in [6, 6.07) is -0.116. The van der Waals surface area contributed by atoms with Crippen molar-refractivity contribution in [3.05, 3.63) is 35.4 Å². The highest BCUT2D eigenvalue weighted by molar-refractivity contribution is 5.23. The molecule has 1 nitrogen and oxygen atoms in total. The van der Waals surface area contributed by atoms with Crippen LogP contribution in [0.4, 0.5) is 26.3 Å². The molecule has 1 unspecified atom stereocenters. The first-order valence-electron chi connectivity index (χ1n) is 5.15. The van der Waals surface area contributed by atoms with E-state index in [9.17, 15) is 26.3 Å². The van der Waals surface area contributed by atoms with Crippen molar-refractivity contribution in [2.75, 3.05) is 6.54 Å². The fraction of sp³-hybridized carbons (Fsp3) is 0.455. The van der Waals surface area contributed by atoms with Gasteiger partial charge in [-0.1, -0.05) is 13.0 Å². The summed E-state index contributed by atoms with van der Waals surface area (Å²) in [5.74, 6) is -6.96. The molecule has 0 aliphatic heterocycles. The molecule has 102 valence electrons. The van der Waals surface area contributed by atoms with Crippen LogP contribution in [0.5, 0.6) is 0 Å². The standard InChI is InChI=1S/C11H11F6N/c1-2-18-9(11(16,17)10(14)15)6-3-4-7(12)8(13)5-6/h3-5,9-10,18H,2H2,1H3. The Morgan fingerprint density at radius 3 is 2.22 bits per heavy atom. The van der Waals surface area contributed by atoms with E-state index in [0.29, 0.717) is 12.1 Å². The molecular weight excluding hydrogens is 260 g/mol. The minimum atomic E-state index is -4.37. The van der Waals surface area contributed by atoms with Gasteiger partial charge in [-0.2, -0.15) is 8.78 Å². The number of benzene rings is 1. The molecule has 1 atom stereocenters. The molecule has 18 heavy (non-hydrogen) atoms. The molecule has 0 aliphatic rings. The third-order valence-electron chi connectivity index (χ3n) is 2.36. The SMILES string of the molecule is CCNC(c1ccc(F)c(F)c1)C(F)(F)C(F)F. The first-order valence-corrected chi connectivity index (χ1v) is 5.15. The molecule has 7 heteroatoms. The first kappa shape index (κ1) is 14.8. The van der Waals surface area contributed by atoms with Crippen LogP contribution in [0.1, 0.15) is 18.5 Å². The minimum absolute atomic E-state index is 0.0219. The lowest BCUT2D eigenvalue weighted by Crippen LogP contribution is -2.42. The lowest BCUT2D eigenvalue weighted by atomic mass is 10.0. The average molecular weight is 271 g/mol. The quantitative estimate of drug-likeness (QED) is 0.808. The van der Waals surface area contributed by atoms with E-state index in [4.69, 9.17) is 0 Å². The van der Waals surface area contributed by atoms with E-state index < -0.39 is 35.6 Å². The van der Waals surface area contributed by atoms with Gasteiger partial charge in [-0.15, -0.1) is 0 Å². The monoisotopic (exact) mass is 271 g/mol. The Hall–Kier alpha value is -1.24. The summed E-state index contributed by atoms with van der Waals surface area (Å²) >= 11 is 0. The van der Waals surface area contributed by atoms with E-state index >= 15 is 0 Å². The molecule has 1 aromatic carbocycles. The molecule has 0 aromatic heterocycles. The van der Waals surface area contributed by atoms with Crippen LogP contribution in [0.2, 0.25) is 0 Å². The van der Waals surface area contributed by atoms with Crippen molar-refractivity contribution in [2.24, 2.45) is 0 Å². The molecule has 0 radical (unpaired) electrons. The van der Waals surface area contributed by atoms with E-state index in [2.05, 4.69) is 5.32 Å². The summed E-state index contributed by atoms with van der Waals surface area (Å²) in [4.78, 5) is 0. The van der Waals surface area contributed by atoms with Gasteiger partial charge in [0.15, 0.2) is 11.6 Å². The molecule has 1 N–H and O–H groups in total. The molecule has 1 rings (SSSR count). The van der Waals surface area contributed by atoms with Crippen LogP contribution in [-0.2, 0) is 0 Å². The van der Waals surface area contributed by atoms with Gasteiger partial charge in [-0.05, 0) is 24.2 Å². The highest BCUT2D eigenvalue weighted by Gasteiger charge is 2.49. The Balaban J connectivity index is 3.15. The maximum atomic E-state index is 13.3. The Morgan fingerprint density at radius 1 is 1.17 bits per heavy atom. The molecule has 0 spiro atoms.